The van der Waals surface area contributed by atoms with Crippen LogP contribution >= 0.6 is 0 Å². The number of halogens is 2. The lowest BCUT2D eigenvalue weighted by Gasteiger charge is -2.36. The van der Waals surface area contributed by atoms with E-state index < -0.39 is 17.7 Å². The van der Waals surface area contributed by atoms with Crippen molar-refractivity contribution < 1.29 is 27.8 Å². The summed E-state index contributed by atoms with van der Waals surface area (Å²) >= 11 is 0. The number of aromatic nitrogens is 2. The number of anilines is 2. The van der Waals surface area contributed by atoms with Gasteiger partial charge in [0.1, 0.15) is 11.5 Å². The number of carbonyl (C=O) groups excluding carboxylic acids is 1. The molecule has 1 N–H and O–H groups in total. The van der Waals surface area contributed by atoms with Gasteiger partial charge in [-0.3, -0.25) is 5.32 Å². The summed E-state index contributed by atoms with van der Waals surface area (Å²) < 4.78 is 42.9. The van der Waals surface area contributed by atoms with Gasteiger partial charge in [-0.05, 0) is 0 Å². The van der Waals surface area contributed by atoms with Crippen LogP contribution in [0.4, 0.5) is 25.1 Å². The van der Waals surface area contributed by atoms with E-state index in [2.05, 4.69) is 20.2 Å². The smallest absolute Gasteiger partial charge is 0.323 e. The van der Waals surface area contributed by atoms with E-state index in [9.17, 15) is 13.6 Å². The molecule has 2 heterocycles. The standard InChI is InChI=1S/C22H23F2N5O4/c1-31-14-8-13(9-15(10-14)32-2)28-4-6-29(7-5-28)22(30)27-20-21(33-3)26-19-12-17(24)16(23)11-18(19)25-20/h8-12H,4-7H2,1-3H3,(H,25,27,30). The first-order valence-electron chi connectivity index (χ1n) is 10.2. The Bertz CT molecular complexity index is 1160. The first kappa shape index (κ1) is 22.3. The highest BCUT2D eigenvalue weighted by molar-refractivity contribution is 5.91. The normalized spacial score (nSPS) is 13.7. The fourth-order valence-electron chi connectivity index (χ4n) is 3.58. The van der Waals surface area contributed by atoms with Crippen LogP contribution in [0.1, 0.15) is 0 Å². The molecule has 2 aromatic carbocycles. The van der Waals surface area contributed by atoms with Gasteiger partial charge < -0.3 is 24.0 Å². The molecular formula is C22H23F2N5O4. The number of benzene rings is 2. The summed E-state index contributed by atoms with van der Waals surface area (Å²) in [6, 6.07) is 7.08. The number of hydrogen-bond donors (Lipinski definition) is 1. The maximum absolute atomic E-state index is 13.6. The van der Waals surface area contributed by atoms with E-state index in [1.807, 2.05) is 12.1 Å². The second kappa shape index (κ2) is 9.31. The lowest BCUT2D eigenvalue weighted by molar-refractivity contribution is 0.208. The lowest BCUT2D eigenvalue weighted by Crippen LogP contribution is -2.50. The molecule has 0 aliphatic carbocycles. The zero-order valence-corrected chi connectivity index (χ0v) is 18.4. The second-order valence-corrected chi connectivity index (χ2v) is 7.31. The van der Waals surface area contributed by atoms with Gasteiger partial charge in [-0.1, -0.05) is 0 Å². The van der Waals surface area contributed by atoms with Crippen LogP contribution in [0, 0.1) is 11.6 Å². The largest absolute Gasteiger partial charge is 0.497 e. The van der Waals surface area contributed by atoms with Gasteiger partial charge in [0.2, 0.25) is 0 Å². The van der Waals surface area contributed by atoms with Gasteiger partial charge in [0, 0.05) is 62.2 Å². The van der Waals surface area contributed by atoms with Crippen LogP contribution in [0.3, 0.4) is 0 Å². The first-order chi connectivity index (χ1) is 15.9. The number of rotatable bonds is 5. The van der Waals surface area contributed by atoms with E-state index >= 15 is 0 Å². The van der Waals surface area contributed by atoms with Gasteiger partial charge in [-0.2, -0.15) is 0 Å². The van der Waals surface area contributed by atoms with Crippen LogP contribution in [0.25, 0.3) is 11.0 Å². The van der Waals surface area contributed by atoms with E-state index in [0.717, 1.165) is 17.8 Å². The van der Waals surface area contributed by atoms with E-state index in [1.165, 1.54) is 7.11 Å². The minimum atomic E-state index is -1.05. The number of amides is 2. The van der Waals surface area contributed by atoms with Crippen molar-refractivity contribution in [1.29, 1.82) is 0 Å². The van der Waals surface area contributed by atoms with Crippen LogP contribution in [0.5, 0.6) is 17.4 Å². The third-order valence-electron chi connectivity index (χ3n) is 5.36. The Morgan fingerprint density at radius 3 is 1.97 bits per heavy atom. The fourth-order valence-corrected chi connectivity index (χ4v) is 3.58. The molecule has 1 aliphatic heterocycles. The second-order valence-electron chi connectivity index (χ2n) is 7.31. The van der Waals surface area contributed by atoms with Crippen molar-refractivity contribution in [2.24, 2.45) is 0 Å². The molecule has 1 saturated heterocycles. The summed E-state index contributed by atoms with van der Waals surface area (Å²) in [6.07, 6.45) is 0. The highest BCUT2D eigenvalue weighted by Gasteiger charge is 2.24. The molecule has 2 amide bonds. The highest BCUT2D eigenvalue weighted by atomic mass is 19.2. The third-order valence-corrected chi connectivity index (χ3v) is 5.36. The van der Waals surface area contributed by atoms with Crippen molar-refractivity contribution in [3.8, 4) is 17.4 Å². The lowest BCUT2D eigenvalue weighted by atomic mass is 10.2. The zero-order chi connectivity index (χ0) is 23.5. The predicted molar refractivity (Wildman–Crippen MR) is 118 cm³/mol. The van der Waals surface area contributed by atoms with E-state index in [4.69, 9.17) is 14.2 Å². The predicted octanol–water partition coefficient (Wildman–Crippen LogP) is 3.29. The van der Waals surface area contributed by atoms with E-state index in [-0.39, 0.29) is 22.7 Å². The maximum Gasteiger partial charge on any atom is 0.323 e. The van der Waals surface area contributed by atoms with E-state index in [0.29, 0.717) is 37.7 Å². The number of hydrogen-bond acceptors (Lipinski definition) is 7. The minimum Gasteiger partial charge on any atom is -0.497 e. The van der Waals surface area contributed by atoms with E-state index in [1.54, 1.807) is 25.2 Å². The maximum atomic E-state index is 13.6. The van der Waals surface area contributed by atoms with Gasteiger partial charge >= 0.3 is 6.03 Å². The molecule has 0 unspecified atom stereocenters. The van der Waals surface area contributed by atoms with Gasteiger partial charge in [-0.15, -0.1) is 0 Å². The quantitative estimate of drug-likeness (QED) is 0.626. The van der Waals surface area contributed by atoms with Crippen LogP contribution in [-0.2, 0) is 0 Å². The number of ether oxygens (including phenoxy) is 3. The van der Waals surface area contributed by atoms with Crippen LogP contribution in [0.2, 0.25) is 0 Å². The molecule has 0 atom stereocenters. The summed E-state index contributed by atoms with van der Waals surface area (Å²) in [5.41, 5.74) is 1.15. The summed E-state index contributed by atoms with van der Waals surface area (Å²) in [5, 5.41) is 2.66. The molecule has 1 fully saturated rings. The number of methoxy groups -OCH3 is 3. The molecule has 0 bridgehead atoms. The number of piperazine rings is 1. The number of fused-ring (bicyclic) bond motifs is 1. The van der Waals surface area contributed by atoms with Crippen molar-refractivity contribution >= 4 is 28.6 Å². The van der Waals surface area contributed by atoms with Crippen LogP contribution in [0.15, 0.2) is 30.3 Å². The summed E-state index contributed by atoms with van der Waals surface area (Å²) in [6.45, 7) is 2.09. The van der Waals surface area contributed by atoms with Gasteiger partial charge in [0.15, 0.2) is 17.5 Å². The van der Waals surface area contributed by atoms with Gasteiger partial charge in [0.05, 0.1) is 32.4 Å². The fraction of sp³-hybridized carbons (Fsp3) is 0.318. The van der Waals surface area contributed by atoms with Gasteiger partial charge in [0.25, 0.3) is 5.88 Å². The van der Waals surface area contributed by atoms with Crippen LogP contribution < -0.4 is 24.4 Å². The molecule has 9 nitrogen and oxygen atoms in total. The molecule has 11 heteroatoms. The number of nitrogens with one attached hydrogen (secondary N) is 1. The monoisotopic (exact) mass is 459 g/mol. The molecule has 0 saturated carbocycles. The average molecular weight is 459 g/mol. The molecule has 174 valence electrons. The van der Waals surface area contributed by atoms with Crippen molar-refractivity contribution in [2.45, 2.75) is 0 Å². The Balaban J connectivity index is 1.46. The summed E-state index contributed by atoms with van der Waals surface area (Å²) in [4.78, 5) is 24.9. The molecule has 1 aliphatic rings. The number of carbonyl (C=O) groups is 1. The number of urea groups is 1. The molecule has 4 rings (SSSR count). The number of nitrogens with zero attached hydrogens (tertiary/aromatic N) is 4. The Morgan fingerprint density at radius 2 is 1.42 bits per heavy atom. The van der Waals surface area contributed by atoms with Crippen molar-refractivity contribution in [1.82, 2.24) is 14.9 Å². The molecule has 1 aromatic heterocycles. The van der Waals surface area contributed by atoms with Crippen LogP contribution in [-0.4, -0.2) is 68.4 Å². The molecule has 0 spiro atoms. The Labute approximate surface area is 188 Å². The summed E-state index contributed by atoms with van der Waals surface area (Å²) in [7, 11) is 4.54. The Kier molecular flexibility index (Phi) is 6.29. The third kappa shape index (κ3) is 4.66. The first-order valence-corrected chi connectivity index (χ1v) is 10.2. The Morgan fingerprint density at radius 1 is 0.848 bits per heavy atom. The molecule has 3 aromatic rings. The summed E-state index contributed by atoms with van der Waals surface area (Å²) in [5.74, 6) is -0.692. The Hall–Kier alpha value is -3.89. The van der Waals surface area contributed by atoms with Crippen molar-refractivity contribution in [3.05, 3.63) is 42.0 Å². The minimum absolute atomic E-state index is 0.00368. The van der Waals surface area contributed by atoms with Gasteiger partial charge in [-0.25, -0.2) is 23.5 Å². The molecule has 33 heavy (non-hydrogen) atoms. The average Bonchev–Trinajstić information content (AvgIpc) is 2.84. The molecule has 0 radical (unpaired) electrons. The van der Waals surface area contributed by atoms with Crippen molar-refractivity contribution in [2.75, 3.05) is 57.7 Å². The SMILES string of the molecule is COc1cc(OC)cc(N2CCN(C(=O)Nc3nc4cc(F)c(F)cc4nc3OC)CC2)c1. The zero-order valence-electron chi connectivity index (χ0n) is 18.4. The topological polar surface area (TPSA) is 89.1 Å². The van der Waals surface area contributed by atoms with Crippen molar-refractivity contribution in [3.63, 3.8) is 0 Å². The molecular weight excluding hydrogens is 436 g/mol. The highest BCUT2D eigenvalue weighted by Crippen LogP contribution is 2.29.